The summed E-state index contributed by atoms with van der Waals surface area (Å²) in [4.78, 5) is 13.0. The molecule has 0 saturated heterocycles. The standard InChI is InChI=1S/C22H15N3OSe/c26-22-18-13-7-8-14-20(18)27-25(22)21-15-19(16-9-3-1-4-10-16)23-24(21)17-11-5-2-6-12-17/h1-15H. The van der Waals surface area contributed by atoms with Crippen LogP contribution in [0, 0.1) is 0 Å². The minimum absolute atomic E-state index is 0.0438. The van der Waals surface area contributed by atoms with Gasteiger partial charge in [0.05, 0.1) is 0 Å². The zero-order chi connectivity index (χ0) is 18.2. The monoisotopic (exact) mass is 417 g/mol. The van der Waals surface area contributed by atoms with Gasteiger partial charge in [-0.05, 0) is 0 Å². The molecule has 5 heteroatoms. The van der Waals surface area contributed by atoms with Crippen molar-refractivity contribution >= 4 is 24.4 Å². The van der Waals surface area contributed by atoms with Crippen molar-refractivity contribution in [1.29, 1.82) is 0 Å². The van der Waals surface area contributed by atoms with Crippen LogP contribution in [-0.4, -0.2) is 28.1 Å². The third-order valence-corrected chi connectivity index (χ3v) is 6.74. The molecule has 5 rings (SSSR count). The van der Waals surface area contributed by atoms with Crippen molar-refractivity contribution in [2.75, 3.05) is 0 Å². The average molecular weight is 416 g/mol. The maximum atomic E-state index is 13.0. The van der Waals surface area contributed by atoms with Crippen LogP contribution < -0.4 is 5.56 Å². The first-order valence-electron chi connectivity index (χ1n) is 8.63. The van der Waals surface area contributed by atoms with Gasteiger partial charge in [0, 0.05) is 0 Å². The Bertz CT molecular complexity index is 1280. The van der Waals surface area contributed by atoms with E-state index in [1.165, 1.54) is 0 Å². The van der Waals surface area contributed by atoms with Crippen molar-refractivity contribution in [2.24, 2.45) is 0 Å². The van der Waals surface area contributed by atoms with Crippen LogP contribution in [0.25, 0.3) is 32.4 Å². The number of hydrogen-bond donors (Lipinski definition) is 0. The molecule has 5 aromatic rings. The fourth-order valence-electron chi connectivity index (χ4n) is 3.15. The van der Waals surface area contributed by atoms with Gasteiger partial charge in [-0.25, -0.2) is 0 Å². The van der Waals surface area contributed by atoms with E-state index in [1.807, 2.05) is 99.2 Å². The van der Waals surface area contributed by atoms with E-state index in [-0.39, 0.29) is 20.3 Å². The molecule has 0 radical (unpaired) electrons. The summed E-state index contributed by atoms with van der Waals surface area (Å²) >= 11 is -0.103. The normalized spacial score (nSPS) is 11.1. The fraction of sp³-hybridized carbons (Fsp3) is 0. The van der Waals surface area contributed by atoms with Gasteiger partial charge in [0.25, 0.3) is 0 Å². The van der Waals surface area contributed by atoms with Crippen molar-refractivity contribution in [3.8, 4) is 22.8 Å². The maximum absolute atomic E-state index is 13.0. The molecule has 27 heavy (non-hydrogen) atoms. The van der Waals surface area contributed by atoms with Gasteiger partial charge in [-0.1, -0.05) is 0 Å². The van der Waals surface area contributed by atoms with Gasteiger partial charge in [-0.15, -0.1) is 0 Å². The summed E-state index contributed by atoms with van der Waals surface area (Å²) in [6.07, 6.45) is 0. The minimum atomic E-state index is -0.103. The molecular formula is C22H15N3OSe. The molecule has 0 saturated carbocycles. The van der Waals surface area contributed by atoms with Crippen molar-refractivity contribution in [3.05, 3.63) is 101 Å². The third kappa shape index (κ3) is 2.78. The second-order valence-electron chi connectivity index (χ2n) is 6.19. The number of benzene rings is 3. The number of fused-ring (bicyclic) bond motifs is 1. The summed E-state index contributed by atoms with van der Waals surface area (Å²) in [7, 11) is 0. The molecule has 4 nitrogen and oxygen atoms in total. The Labute approximate surface area is 161 Å². The van der Waals surface area contributed by atoms with E-state index in [0.29, 0.717) is 0 Å². The second kappa shape index (κ2) is 6.54. The molecular weight excluding hydrogens is 401 g/mol. The van der Waals surface area contributed by atoms with Gasteiger partial charge >= 0.3 is 162 Å². The van der Waals surface area contributed by atoms with E-state index in [0.717, 1.165) is 32.4 Å². The van der Waals surface area contributed by atoms with Crippen LogP contribution in [0.2, 0.25) is 0 Å². The molecule has 0 aliphatic rings. The summed E-state index contributed by atoms with van der Waals surface area (Å²) < 4.78 is 4.84. The first-order chi connectivity index (χ1) is 13.3. The van der Waals surface area contributed by atoms with E-state index in [4.69, 9.17) is 5.10 Å². The van der Waals surface area contributed by atoms with Crippen molar-refractivity contribution in [1.82, 2.24) is 13.3 Å². The second-order valence-corrected chi connectivity index (χ2v) is 8.26. The summed E-state index contributed by atoms with van der Waals surface area (Å²) in [5.41, 5.74) is 2.87. The Balaban J connectivity index is 1.78. The Morgan fingerprint density at radius 1 is 0.778 bits per heavy atom. The molecule has 0 unspecified atom stereocenters. The van der Waals surface area contributed by atoms with Crippen LogP contribution >= 0.6 is 0 Å². The Morgan fingerprint density at radius 2 is 1.44 bits per heavy atom. The summed E-state index contributed by atoms with van der Waals surface area (Å²) in [6, 6.07) is 29.9. The molecule has 2 aromatic heterocycles. The number of para-hydroxylation sites is 1. The summed E-state index contributed by atoms with van der Waals surface area (Å²) in [5.74, 6) is 0.807. The third-order valence-electron chi connectivity index (χ3n) is 4.46. The Kier molecular flexibility index (Phi) is 3.89. The molecule has 0 bridgehead atoms. The molecule has 0 aliphatic carbocycles. The molecule has 0 amide bonds. The molecule has 3 aromatic carbocycles. The van der Waals surface area contributed by atoms with E-state index >= 15 is 0 Å². The molecule has 130 valence electrons. The topological polar surface area (TPSA) is 39.8 Å². The van der Waals surface area contributed by atoms with E-state index < -0.39 is 0 Å². The van der Waals surface area contributed by atoms with Crippen molar-refractivity contribution < 1.29 is 0 Å². The number of nitrogens with zero attached hydrogens (tertiary/aromatic N) is 3. The number of rotatable bonds is 3. The summed E-state index contributed by atoms with van der Waals surface area (Å²) in [5, 5.41) is 5.62. The number of hydrogen-bond acceptors (Lipinski definition) is 2. The first kappa shape index (κ1) is 16.1. The van der Waals surface area contributed by atoms with Gasteiger partial charge in [0.15, 0.2) is 0 Å². The van der Waals surface area contributed by atoms with Gasteiger partial charge < -0.3 is 0 Å². The van der Waals surface area contributed by atoms with Crippen LogP contribution in [0.3, 0.4) is 0 Å². The first-order valence-corrected chi connectivity index (χ1v) is 10.3. The van der Waals surface area contributed by atoms with Crippen molar-refractivity contribution in [3.63, 3.8) is 0 Å². The van der Waals surface area contributed by atoms with Crippen LogP contribution in [0.4, 0.5) is 0 Å². The average Bonchev–Trinajstić information content (AvgIpc) is 3.31. The zero-order valence-corrected chi connectivity index (χ0v) is 16.0. The summed E-state index contributed by atoms with van der Waals surface area (Å²) in [6.45, 7) is 0. The van der Waals surface area contributed by atoms with Crippen LogP contribution in [0.5, 0.6) is 0 Å². The predicted molar refractivity (Wildman–Crippen MR) is 109 cm³/mol. The fourth-order valence-corrected chi connectivity index (χ4v) is 5.23. The molecule has 2 heterocycles. The quantitative estimate of drug-likeness (QED) is 0.419. The van der Waals surface area contributed by atoms with Gasteiger partial charge in [-0.3, -0.25) is 0 Å². The predicted octanol–water partition coefficient (Wildman–Crippen LogP) is 3.90. The Morgan fingerprint density at radius 3 is 2.19 bits per heavy atom. The van der Waals surface area contributed by atoms with Gasteiger partial charge in [0.1, 0.15) is 0 Å². The van der Waals surface area contributed by atoms with Gasteiger partial charge in [-0.2, -0.15) is 0 Å². The molecule has 0 aliphatic heterocycles. The molecule has 0 fully saturated rings. The van der Waals surface area contributed by atoms with Crippen molar-refractivity contribution in [2.45, 2.75) is 0 Å². The van der Waals surface area contributed by atoms with E-state index in [1.54, 1.807) is 0 Å². The SMILES string of the molecule is O=c1c2ccccc2[se]n1-c1cc(-c2ccccc2)nn1-c1ccccc1. The van der Waals surface area contributed by atoms with Crippen LogP contribution in [-0.2, 0) is 0 Å². The molecule has 0 spiro atoms. The van der Waals surface area contributed by atoms with E-state index in [9.17, 15) is 4.79 Å². The zero-order valence-electron chi connectivity index (χ0n) is 14.3. The van der Waals surface area contributed by atoms with Crippen LogP contribution in [0.15, 0.2) is 95.8 Å². The van der Waals surface area contributed by atoms with Gasteiger partial charge in [0.2, 0.25) is 0 Å². The number of aromatic nitrogens is 3. The van der Waals surface area contributed by atoms with Crippen LogP contribution in [0.1, 0.15) is 0 Å². The Hall–Kier alpha value is -3.14. The van der Waals surface area contributed by atoms with E-state index in [2.05, 4.69) is 0 Å². The molecule has 0 atom stereocenters. The molecule has 0 N–H and O–H groups in total.